The lowest BCUT2D eigenvalue weighted by Gasteiger charge is -2.11. The van der Waals surface area contributed by atoms with Crippen LogP contribution < -0.4 is 10.5 Å². The fourth-order valence-electron chi connectivity index (χ4n) is 1.55. The third kappa shape index (κ3) is 3.55. The van der Waals surface area contributed by atoms with Crippen molar-refractivity contribution in [2.75, 3.05) is 0 Å². The molecule has 2 aromatic carbocycles. The second-order valence-electron chi connectivity index (χ2n) is 4.16. The van der Waals surface area contributed by atoms with Crippen LogP contribution in [0.5, 0.6) is 11.5 Å². The van der Waals surface area contributed by atoms with Crippen molar-refractivity contribution >= 4 is 31.9 Å². The Kier molecular flexibility index (Phi) is 4.60. The van der Waals surface area contributed by atoms with Gasteiger partial charge in [0.2, 0.25) is 0 Å². The summed E-state index contributed by atoms with van der Waals surface area (Å²) in [4.78, 5) is 0. The van der Waals surface area contributed by atoms with E-state index < -0.39 is 0 Å². The Morgan fingerprint density at radius 3 is 2.42 bits per heavy atom. The van der Waals surface area contributed by atoms with Crippen molar-refractivity contribution in [1.29, 1.82) is 0 Å². The first-order valence-electron chi connectivity index (χ1n) is 5.65. The van der Waals surface area contributed by atoms with Gasteiger partial charge in [0.05, 0.1) is 8.95 Å². The van der Waals surface area contributed by atoms with Gasteiger partial charge < -0.3 is 10.5 Å². The predicted octanol–water partition coefficient (Wildman–Crippen LogP) is 5.16. The molecule has 0 aliphatic rings. The number of ether oxygens (including phenoxy) is 1. The quantitative estimate of drug-likeness (QED) is 0.787. The van der Waals surface area contributed by atoms with E-state index in [1.165, 1.54) is 6.07 Å². The van der Waals surface area contributed by atoms with Crippen LogP contribution in [0.25, 0.3) is 0 Å². The summed E-state index contributed by atoms with van der Waals surface area (Å²) in [6.45, 7) is 1.91. The van der Waals surface area contributed by atoms with Crippen molar-refractivity contribution in [2.24, 2.45) is 5.73 Å². The van der Waals surface area contributed by atoms with Crippen molar-refractivity contribution in [3.8, 4) is 11.5 Å². The number of hydrogen-bond donors (Lipinski definition) is 1. The van der Waals surface area contributed by atoms with E-state index in [2.05, 4.69) is 31.9 Å². The molecule has 1 atom stereocenters. The van der Waals surface area contributed by atoms with Crippen molar-refractivity contribution in [2.45, 2.75) is 13.0 Å². The summed E-state index contributed by atoms with van der Waals surface area (Å²) in [5.41, 5.74) is 6.81. The van der Waals surface area contributed by atoms with Crippen molar-refractivity contribution in [3.05, 3.63) is 56.7 Å². The van der Waals surface area contributed by atoms with E-state index in [0.717, 1.165) is 10.0 Å². The summed E-state index contributed by atoms with van der Waals surface area (Å²) in [5, 5.41) is 0. The highest BCUT2D eigenvalue weighted by molar-refractivity contribution is 9.10. The lowest BCUT2D eigenvalue weighted by molar-refractivity contribution is 0.473. The highest BCUT2D eigenvalue weighted by Crippen LogP contribution is 2.32. The maximum Gasteiger partial charge on any atom is 0.141 e. The summed E-state index contributed by atoms with van der Waals surface area (Å²) in [5.74, 6) is 0.696. The summed E-state index contributed by atoms with van der Waals surface area (Å²) in [7, 11) is 0. The molecular formula is C14H12Br2FNO. The SMILES string of the molecule is C[C@@H](N)c1ccc(Oc2ccc(Br)c(F)c2)c(Br)c1. The molecule has 0 bridgehead atoms. The molecular weight excluding hydrogens is 377 g/mol. The minimum Gasteiger partial charge on any atom is -0.456 e. The number of rotatable bonds is 3. The Morgan fingerprint density at radius 2 is 1.84 bits per heavy atom. The van der Waals surface area contributed by atoms with Gasteiger partial charge in [-0.2, -0.15) is 0 Å². The second kappa shape index (κ2) is 6.03. The molecule has 0 aromatic heterocycles. The monoisotopic (exact) mass is 387 g/mol. The first-order chi connectivity index (χ1) is 8.97. The lowest BCUT2D eigenvalue weighted by Crippen LogP contribution is -2.04. The van der Waals surface area contributed by atoms with Gasteiger partial charge in [-0.3, -0.25) is 0 Å². The highest BCUT2D eigenvalue weighted by Gasteiger charge is 2.08. The maximum absolute atomic E-state index is 13.4. The smallest absolute Gasteiger partial charge is 0.141 e. The Bertz CT molecular complexity index is 602. The summed E-state index contributed by atoms with van der Waals surface area (Å²) < 4.78 is 20.2. The first kappa shape index (κ1) is 14.5. The normalized spacial score (nSPS) is 12.3. The minimum atomic E-state index is -0.360. The van der Waals surface area contributed by atoms with E-state index in [9.17, 15) is 4.39 Å². The van der Waals surface area contributed by atoms with Crippen LogP contribution in [0.2, 0.25) is 0 Å². The van der Waals surface area contributed by atoms with E-state index in [-0.39, 0.29) is 11.9 Å². The van der Waals surface area contributed by atoms with Gasteiger partial charge in [-0.25, -0.2) is 4.39 Å². The molecule has 0 aliphatic carbocycles. The molecule has 0 radical (unpaired) electrons. The fraction of sp³-hybridized carbons (Fsp3) is 0.143. The number of hydrogen-bond acceptors (Lipinski definition) is 2. The van der Waals surface area contributed by atoms with Gasteiger partial charge in [0.1, 0.15) is 17.3 Å². The van der Waals surface area contributed by atoms with Crippen LogP contribution in [0.15, 0.2) is 45.3 Å². The lowest BCUT2D eigenvalue weighted by atomic mass is 10.1. The zero-order chi connectivity index (χ0) is 14.0. The van der Waals surface area contributed by atoms with Gasteiger partial charge in [-0.15, -0.1) is 0 Å². The molecule has 100 valence electrons. The van der Waals surface area contributed by atoms with Crippen LogP contribution in [0.1, 0.15) is 18.5 Å². The summed E-state index contributed by atoms with van der Waals surface area (Å²) in [6, 6.07) is 10.2. The standard InChI is InChI=1S/C14H12Br2FNO/c1-8(18)9-2-5-14(12(16)6-9)19-10-3-4-11(15)13(17)7-10/h2-8H,18H2,1H3/t8-/m1/s1. The van der Waals surface area contributed by atoms with Crippen LogP contribution in [0.3, 0.4) is 0 Å². The van der Waals surface area contributed by atoms with Gasteiger partial charge in [0, 0.05) is 12.1 Å². The summed E-state index contributed by atoms with van der Waals surface area (Å²) in [6.07, 6.45) is 0. The van der Waals surface area contributed by atoms with Gasteiger partial charge in [-0.05, 0) is 68.6 Å². The summed E-state index contributed by atoms with van der Waals surface area (Å²) >= 11 is 6.52. The highest BCUT2D eigenvalue weighted by atomic mass is 79.9. The molecule has 2 aromatic rings. The Labute approximate surface area is 128 Å². The van der Waals surface area contributed by atoms with Crippen molar-refractivity contribution in [1.82, 2.24) is 0 Å². The predicted molar refractivity (Wildman–Crippen MR) is 80.9 cm³/mol. The molecule has 0 fully saturated rings. The van der Waals surface area contributed by atoms with Crippen LogP contribution in [0, 0.1) is 5.82 Å². The van der Waals surface area contributed by atoms with Crippen LogP contribution in [-0.4, -0.2) is 0 Å². The van der Waals surface area contributed by atoms with E-state index >= 15 is 0 Å². The van der Waals surface area contributed by atoms with E-state index in [1.54, 1.807) is 12.1 Å². The molecule has 0 aliphatic heterocycles. The molecule has 0 saturated heterocycles. The van der Waals surface area contributed by atoms with Crippen molar-refractivity contribution < 1.29 is 9.13 Å². The van der Waals surface area contributed by atoms with E-state index in [0.29, 0.717) is 16.0 Å². The Hall–Kier alpha value is -0.910. The largest absolute Gasteiger partial charge is 0.456 e. The van der Waals surface area contributed by atoms with Crippen molar-refractivity contribution in [3.63, 3.8) is 0 Å². The maximum atomic E-state index is 13.4. The van der Waals surface area contributed by atoms with Gasteiger partial charge in [0.15, 0.2) is 0 Å². The zero-order valence-corrected chi connectivity index (χ0v) is 13.3. The molecule has 2 nitrogen and oxygen atoms in total. The average Bonchev–Trinajstić information content (AvgIpc) is 2.36. The number of benzene rings is 2. The third-order valence-corrected chi connectivity index (χ3v) is 3.86. The fourth-order valence-corrected chi connectivity index (χ4v) is 2.27. The molecule has 2 N–H and O–H groups in total. The van der Waals surface area contributed by atoms with Crippen LogP contribution >= 0.6 is 31.9 Å². The Balaban J connectivity index is 2.25. The molecule has 2 rings (SSSR count). The molecule has 0 amide bonds. The second-order valence-corrected chi connectivity index (χ2v) is 5.87. The first-order valence-corrected chi connectivity index (χ1v) is 7.24. The van der Waals surface area contributed by atoms with E-state index in [4.69, 9.17) is 10.5 Å². The van der Waals surface area contributed by atoms with E-state index in [1.807, 2.05) is 25.1 Å². The van der Waals surface area contributed by atoms with Gasteiger partial charge in [-0.1, -0.05) is 6.07 Å². The van der Waals surface area contributed by atoms with Crippen LogP contribution in [0.4, 0.5) is 4.39 Å². The molecule has 5 heteroatoms. The third-order valence-electron chi connectivity index (χ3n) is 2.60. The molecule has 0 unspecified atom stereocenters. The zero-order valence-electron chi connectivity index (χ0n) is 10.2. The topological polar surface area (TPSA) is 35.2 Å². The molecule has 19 heavy (non-hydrogen) atoms. The van der Waals surface area contributed by atoms with Crippen LogP contribution in [-0.2, 0) is 0 Å². The molecule has 0 spiro atoms. The van der Waals surface area contributed by atoms with Gasteiger partial charge in [0.25, 0.3) is 0 Å². The minimum absolute atomic E-state index is 0.0459. The molecule has 0 heterocycles. The molecule has 0 saturated carbocycles. The average molecular weight is 389 g/mol. The van der Waals surface area contributed by atoms with Gasteiger partial charge >= 0.3 is 0 Å². The Morgan fingerprint density at radius 1 is 1.11 bits per heavy atom. The number of nitrogens with two attached hydrogens (primary N) is 1. The number of halogens is 3.